The highest BCUT2D eigenvalue weighted by molar-refractivity contribution is 7.07. The van der Waals surface area contributed by atoms with Gasteiger partial charge in [-0.2, -0.15) is 11.3 Å². The predicted molar refractivity (Wildman–Crippen MR) is 84.5 cm³/mol. The molecule has 1 amide bonds. The summed E-state index contributed by atoms with van der Waals surface area (Å²) >= 11 is 1.68. The number of hydrogen-bond acceptors (Lipinski definition) is 3. The minimum absolute atomic E-state index is 0.0451. The minimum atomic E-state index is -0.0834. The van der Waals surface area contributed by atoms with Gasteiger partial charge in [-0.1, -0.05) is 27.7 Å². The van der Waals surface area contributed by atoms with Crippen molar-refractivity contribution in [3.63, 3.8) is 0 Å². The van der Waals surface area contributed by atoms with Gasteiger partial charge >= 0.3 is 0 Å². The summed E-state index contributed by atoms with van der Waals surface area (Å²) in [6, 6.07) is 2.03. The summed E-state index contributed by atoms with van der Waals surface area (Å²) in [6.07, 6.45) is 0.0451. The maximum absolute atomic E-state index is 12.5. The second-order valence-electron chi connectivity index (χ2n) is 6.49. The first-order valence-electron chi connectivity index (χ1n) is 7.50. The molecule has 3 nitrogen and oxygen atoms in total. The molecule has 1 aliphatic rings. The van der Waals surface area contributed by atoms with E-state index in [4.69, 9.17) is 0 Å². The van der Waals surface area contributed by atoms with Crippen molar-refractivity contribution in [3.8, 4) is 0 Å². The average Bonchev–Trinajstić information content (AvgIpc) is 2.97. The molecule has 1 N–H and O–H groups in total. The van der Waals surface area contributed by atoms with Gasteiger partial charge in [-0.15, -0.1) is 0 Å². The zero-order chi connectivity index (χ0) is 14.9. The van der Waals surface area contributed by atoms with Crippen molar-refractivity contribution in [3.05, 3.63) is 22.4 Å². The van der Waals surface area contributed by atoms with Crippen LogP contribution in [0.15, 0.2) is 16.8 Å². The lowest BCUT2D eigenvalue weighted by molar-refractivity contribution is -0.130. The van der Waals surface area contributed by atoms with E-state index in [1.165, 1.54) is 5.56 Å². The number of carbonyl (C=O) groups excluding carboxylic acids is 1. The lowest BCUT2D eigenvalue weighted by Gasteiger charge is -2.32. The number of rotatable bonds is 5. The van der Waals surface area contributed by atoms with E-state index in [1.807, 2.05) is 11.8 Å². The molecular formula is C16H26N2OS. The van der Waals surface area contributed by atoms with E-state index in [2.05, 4.69) is 49.8 Å². The van der Waals surface area contributed by atoms with Crippen LogP contribution in [0, 0.1) is 17.8 Å². The van der Waals surface area contributed by atoms with E-state index in [-0.39, 0.29) is 18.1 Å². The van der Waals surface area contributed by atoms with Gasteiger partial charge in [0.1, 0.15) is 6.17 Å². The molecule has 1 aliphatic heterocycles. The lowest BCUT2D eigenvalue weighted by Crippen LogP contribution is -2.38. The Morgan fingerprint density at radius 3 is 2.45 bits per heavy atom. The van der Waals surface area contributed by atoms with Crippen LogP contribution in [0.3, 0.4) is 0 Å². The van der Waals surface area contributed by atoms with E-state index in [1.54, 1.807) is 11.3 Å². The van der Waals surface area contributed by atoms with Crippen molar-refractivity contribution < 1.29 is 4.79 Å². The Morgan fingerprint density at radius 2 is 1.95 bits per heavy atom. The minimum Gasteiger partial charge on any atom is -0.321 e. The van der Waals surface area contributed by atoms with Crippen molar-refractivity contribution in [2.75, 3.05) is 6.54 Å². The van der Waals surface area contributed by atoms with E-state index < -0.39 is 0 Å². The van der Waals surface area contributed by atoms with Gasteiger partial charge in [0.2, 0.25) is 5.91 Å². The second kappa shape index (κ2) is 6.27. The van der Waals surface area contributed by atoms with Crippen LogP contribution in [0.5, 0.6) is 0 Å². The van der Waals surface area contributed by atoms with Crippen LogP contribution in [-0.2, 0) is 4.79 Å². The molecule has 1 saturated heterocycles. The Balaban J connectivity index is 2.20. The van der Waals surface area contributed by atoms with E-state index in [0.717, 1.165) is 6.54 Å². The van der Waals surface area contributed by atoms with E-state index in [9.17, 15) is 4.79 Å². The third-order valence-corrected chi connectivity index (χ3v) is 5.05. The summed E-state index contributed by atoms with van der Waals surface area (Å²) in [4.78, 5) is 14.5. The third-order valence-electron chi connectivity index (χ3n) is 4.35. The Kier molecular flexibility index (Phi) is 4.86. The molecule has 2 heterocycles. The molecule has 4 heteroatoms. The van der Waals surface area contributed by atoms with Gasteiger partial charge in [0.25, 0.3) is 0 Å². The maximum Gasteiger partial charge on any atom is 0.241 e. The monoisotopic (exact) mass is 294 g/mol. The Labute approximate surface area is 126 Å². The molecule has 0 aliphatic carbocycles. The average molecular weight is 294 g/mol. The zero-order valence-electron chi connectivity index (χ0n) is 13.1. The van der Waals surface area contributed by atoms with Gasteiger partial charge in [-0.25, -0.2) is 0 Å². The number of amides is 1. The molecule has 2 rings (SSSR count). The zero-order valence-corrected chi connectivity index (χ0v) is 13.9. The normalized spacial score (nSPS) is 23.6. The quantitative estimate of drug-likeness (QED) is 0.901. The Hall–Kier alpha value is -0.870. The SMILES string of the molecule is CC1NC(c2ccsc2)N(CC(C(C)C)C(C)C)C1=O. The molecule has 112 valence electrons. The molecule has 1 aromatic heterocycles. The molecule has 0 saturated carbocycles. The highest BCUT2D eigenvalue weighted by Crippen LogP contribution is 2.31. The molecular weight excluding hydrogens is 268 g/mol. The molecule has 1 aromatic rings. The van der Waals surface area contributed by atoms with Gasteiger partial charge in [0.05, 0.1) is 6.04 Å². The first kappa shape index (κ1) is 15.5. The molecule has 0 aromatic carbocycles. The summed E-state index contributed by atoms with van der Waals surface area (Å²) in [5, 5.41) is 7.63. The predicted octanol–water partition coefficient (Wildman–Crippen LogP) is 3.50. The summed E-state index contributed by atoms with van der Waals surface area (Å²) < 4.78 is 0. The van der Waals surface area contributed by atoms with Crippen molar-refractivity contribution in [2.45, 2.75) is 46.8 Å². The van der Waals surface area contributed by atoms with Crippen molar-refractivity contribution in [2.24, 2.45) is 17.8 Å². The van der Waals surface area contributed by atoms with Gasteiger partial charge in [-0.05, 0) is 47.1 Å². The standard InChI is InChI=1S/C16H26N2OS/c1-10(2)14(11(3)4)8-18-15(13-6-7-20-9-13)17-12(5)16(18)19/h6-7,9-12,14-15,17H,8H2,1-5H3. The number of nitrogens with zero attached hydrogens (tertiary/aromatic N) is 1. The fourth-order valence-corrected chi connectivity index (χ4v) is 3.77. The van der Waals surface area contributed by atoms with Crippen molar-refractivity contribution in [1.82, 2.24) is 10.2 Å². The van der Waals surface area contributed by atoms with Crippen LogP contribution >= 0.6 is 11.3 Å². The number of carbonyl (C=O) groups is 1. The van der Waals surface area contributed by atoms with Crippen LogP contribution in [0.25, 0.3) is 0 Å². The second-order valence-corrected chi connectivity index (χ2v) is 7.27. The number of hydrogen-bond donors (Lipinski definition) is 1. The van der Waals surface area contributed by atoms with Crippen LogP contribution in [0.2, 0.25) is 0 Å². The van der Waals surface area contributed by atoms with Crippen molar-refractivity contribution in [1.29, 1.82) is 0 Å². The van der Waals surface area contributed by atoms with Gasteiger partial charge in [0.15, 0.2) is 0 Å². The van der Waals surface area contributed by atoms with Gasteiger partial charge in [0, 0.05) is 6.54 Å². The molecule has 0 radical (unpaired) electrons. The fraction of sp³-hybridized carbons (Fsp3) is 0.688. The highest BCUT2D eigenvalue weighted by atomic mass is 32.1. The summed E-state index contributed by atoms with van der Waals surface area (Å²) in [5.41, 5.74) is 1.21. The molecule has 20 heavy (non-hydrogen) atoms. The molecule has 2 atom stereocenters. The maximum atomic E-state index is 12.5. The molecule has 0 spiro atoms. The van der Waals surface area contributed by atoms with Crippen LogP contribution in [0.1, 0.15) is 46.3 Å². The van der Waals surface area contributed by atoms with E-state index >= 15 is 0 Å². The Morgan fingerprint density at radius 1 is 1.30 bits per heavy atom. The first-order valence-corrected chi connectivity index (χ1v) is 8.44. The van der Waals surface area contributed by atoms with Crippen LogP contribution in [0.4, 0.5) is 0 Å². The van der Waals surface area contributed by atoms with Gasteiger partial charge in [-0.3, -0.25) is 10.1 Å². The highest BCUT2D eigenvalue weighted by Gasteiger charge is 2.39. The summed E-state index contributed by atoms with van der Waals surface area (Å²) in [7, 11) is 0. The topological polar surface area (TPSA) is 32.3 Å². The largest absolute Gasteiger partial charge is 0.321 e. The molecule has 1 fully saturated rings. The lowest BCUT2D eigenvalue weighted by atomic mass is 9.85. The first-order chi connectivity index (χ1) is 9.41. The number of thiophene rings is 1. The molecule has 2 unspecified atom stereocenters. The van der Waals surface area contributed by atoms with E-state index in [0.29, 0.717) is 17.8 Å². The van der Waals surface area contributed by atoms with Crippen LogP contribution < -0.4 is 5.32 Å². The summed E-state index contributed by atoms with van der Waals surface area (Å²) in [6.45, 7) is 11.8. The summed E-state index contributed by atoms with van der Waals surface area (Å²) in [5.74, 6) is 1.93. The van der Waals surface area contributed by atoms with Gasteiger partial charge < -0.3 is 4.90 Å². The smallest absolute Gasteiger partial charge is 0.241 e. The Bertz CT molecular complexity index is 433. The fourth-order valence-electron chi connectivity index (χ4n) is 3.09. The van der Waals surface area contributed by atoms with Crippen molar-refractivity contribution >= 4 is 17.2 Å². The number of nitrogens with one attached hydrogen (secondary N) is 1. The molecule has 0 bridgehead atoms. The third kappa shape index (κ3) is 3.07. The van der Waals surface area contributed by atoms with Crippen LogP contribution in [-0.4, -0.2) is 23.4 Å².